The van der Waals surface area contributed by atoms with Crippen LogP contribution in [0.15, 0.2) is 16.9 Å². The maximum absolute atomic E-state index is 6.17. The van der Waals surface area contributed by atoms with Crippen molar-refractivity contribution in [3.8, 4) is 0 Å². The molecule has 2 aliphatic heterocycles. The maximum Gasteiger partial charge on any atom is 0.191 e. The van der Waals surface area contributed by atoms with E-state index in [0.29, 0.717) is 13.0 Å². The second-order valence-electron chi connectivity index (χ2n) is 6.19. The minimum Gasteiger partial charge on any atom is -0.479 e. The largest absolute Gasteiger partial charge is 0.479 e. The molecule has 0 aromatic rings. The first-order chi connectivity index (χ1) is 11.2. The molecule has 0 bridgehead atoms. The number of hydrogen-bond donors (Lipinski definition) is 1. The van der Waals surface area contributed by atoms with Crippen LogP contribution in [0, 0.1) is 0 Å². The van der Waals surface area contributed by atoms with Crippen LogP contribution in [0.1, 0.15) is 33.1 Å². The fraction of sp³-hybridized carbons (Fsp3) is 0.824. The summed E-state index contributed by atoms with van der Waals surface area (Å²) < 4.78 is 11.3. The summed E-state index contributed by atoms with van der Waals surface area (Å²) in [6.07, 6.45) is 4.98. The summed E-state index contributed by atoms with van der Waals surface area (Å²) >= 11 is 0. The van der Waals surface area contributed by atoms with Crippen LogP contribution in [0.25, 0.3) is 0 Å². The van der Waals surface area contributed by atoms with E-state index in [2.05, 4.69) is 29.7 Å². The van der Waals surface area contributed by atoms with Gasteiger partial charge in [-0.05, 0) is 18.9 Å². The van der Waals surface area contributed by atoms with Crippen LogP contribution in [0.5, 0.6) is 0 Å². The minimum absolute atomic E-state index is 0.00269. The average molecular weight is 324 g/mol. The van der Waals surface area contributed by atoms with Gasteiger partial charge in [-0.25, -0.2) is 4.99 Å². The standard InChI is InChI=1S/C17H32N4O2/c1-3-5-21(6-4-2)16-13-15(18)14-17(19-16)23-12-9-20-7-10-22-11-8-20/h13,15H,3-12,14,18H2,1-2H3. The molecular formula is C17H32N4O2. The van der Waals surface area contributed by atoms with Crippen LogP contribution >= 0.6 is 0 Å². The van der Waals surface area contributed by atoms with Crippen molar-refractivity contribution >= 4 is 5.90 Å². The van der Waals surface area contributed by atoms with Crippen LogP contribution in [0.2, 0.25) is 0 Å². The Labute approximate surface area is 140 Å². The molecule has 2 aliphatic rings. The van der Waals surface area contributed by atoms with E-state index in [0.717, 1.165) is 70.5 Å². The molecule has 1 unspecified atom stereocenters. The molecule has 6 heteroatoms. The van der Waals surface area contributed by atoms with E-state index in [-0.39, 0.29) is 6.04 Å². The molecule has 6 nitrogen and oxygen atoms in total. The zero-order valence-corrected chi connectivity index (χ0v) is 14.7. The molecule has 0 aliphatic carbocycles. The van der Waals surface area contributed by atoms with Crippen molar-refractivity contribution in [2.75, 3.05) is 52.5 Å². The lowest BCUT2D eigenvalue weighted by molar-refractivity contribution is 0.0313. The van der Waals surface area contributed by atoms with Gasteiger partial charge in [0, 0.05) is 45.2 Å². The summed E-state index contributed by atoms with van der Waals surface area (Å²) in [4.78, 5) is 9.39. The summed E-state index contributed by atoms with van der Waals surface area (Å²) in [5.74, 6) is 1.76. The zero-order valence-electron chi connectivity index (χ0n) is 14.7. The van der Waals surface area contributed by atoms with Gasteiger partial charge < -0.3 is 20.1 Å². The Bertz CT molecular complexity index is 399. The van der Waals surface area contributed by atoms with Crippen molar-refractivity contribution in [3.05, 3.63) is 11.9 Å². The van der Waals surface area contributed by atoms with Crippen molar-refractivity contribution in [2.45, 2.75) is 39.2 Å². The SMILES string of the molecule is CCCN(CCC)C1=CC(N)CC(OCCN2CCOCC2)=N1. The van der Waals surface area contributed by atoms with E-state index in [4.69, 9.17) is 20.2 Å². The van der Waals surface area contributed by atoms with Crippen molar-refractivity contribution in [2.24, 2.45) is 10.7 Å². The summed E-state index contributed by atoms with van der Waals surface area (Å²) in [5.41, 5.74) is 6.17. The van der Waals surface area contributed by atoms with Gasteiger partial charge >= 0.3 is 0 Å². The van der Waals surface area contributed by atoms with Gasteiger partial charge in [-0.15, -0.1) is 0 Å². The van der Waals surface area contributed by atoms with Crippen LogP contribution in [-0.2, 0) is 9.47 Å². The fourth-order valence-electron chi connectivity index (χ4n) is 2.93. The van der Waals surface area contributed by atoms with E-state index < -0.39 is 0 Å². The first-order valence-electron chi connectivity index (χ1n) is 8.95. The second-order valence-corrected chi connectivity index (χ2v) is 6.19. The summed E-state index contributed by atoms with van der Waals surface area (Å²) in [6, 6.07) is -0.00269. The van der Waals surface area contributed by atoms with Crippen molar-refractivity contribution in [1.82, 2.24) is 9.80 Å². The highest BCUT2D eigenvalue weighted by molar-refractivity contribution is 5.79. The number of rotatable bonds is 8. The highest BCUT2D eigenvalue weighted by Gasteiger charge is 2.19. The average Bonchev–Trinajstić information content (AvgIpc) is 2.55. The Morgan fingerprint density at radius 1 is 1.30 bits per heavy atom. The van der Waals surface area contributed by atoms with Crippen molar-refractivity contribution in [1.29, 1.82) is 0 Å². The molecule has 0 saturated carbocycles. The molecule has 2 heterocycles. The Hall–Kier alpha value is -1.11. The van der Waals surface area contributed by atoms with Gasteiger partial charge in [0.2, 0.25) is 0 Å². The third-order valence-corrected chi connectivity index (χ3v) is 4.10. The molecule has 1 saturated heterocycles. The molecule has 0 aromatic heterocycles. The number of nitrogens with zero attached hydrogens (tertiary/aromatic N) is 3. The Morgan fingerprint density at radius 2 is 2.00 bits per heavy atom. The first-order valence-corrected chi connectivity index (χ1v) is 8.95. The van der Waals surface area contributed by atoms with Gasteiger partial charge in [-0.2, -0.15) is 0 Å². The Balaban J connectivity index is 1.86. The maximum atomic E-state index is 6.17. The molecule has 1 fully saturated rings. The predicted octanol–water partition coefficient (Wildman–Crippen LogP) is 1.43. The van der Waals surface area contributed by atoms with Gasteiger partial charge in [0.25, 0.3) is 0 Å². The zero-order chi connectivity index (χ0) is 16.5. The molecule has 0 amide bonds. The molecular weight excluding hydrogens is 292 g/mol. The van der Waals surface area contributed by atoms with Crippen molar-refractivity contribution < 1.29 is 9.47 Å². The molecule has 0 radical (unpaired) electrons. The van der Waals surface area contributed by atoms with E-state index in [1.807, 2.05) is 0 Å². The van der Waals surface area contributed by atoms with Crippen molar-refractivity contribution in [3.63, 3.8) is 0 Å². The lowest BCUT2D eigenvalue weighted by Gasteiger charge is -2.29. The van der Waals surface area contributed by atoms with E-state index in [1.165, 1.54) is 0 Å². The lowest BCUT2D eigenvalue weighted by atomic mass is 10.1. The molecule has 0 aromatic carbocycles. The summed E-state index contributed by atoms with van der Waals surface area (Å²) in [6.45, 7) is 11.6. The van der Waals surface area contributed by atoms with Crippen LogP contribution in [0.4, 0.5) is 0 Å². The molecule has 23 heavy (non-hydrogen) atoms. The van der Waals surface area contributed by atoms with Crippen LogP contribution < -0.4 is 5.73 Å². The summed E-state index contributed by atoms with van der Waals surface area (Å²) in [7, 11) is 0. The van der Waals surface area contributed by atoms with Gasteiger partial charge in [0.05, 0.1) is 13.2 Å². The van der Waals surface area contributed by atoms with E-state index in [1.54, 1.807) is 0 Å². The number of aliphatic imine (C=N–C) groups is 1. The van der Waals surface area contributed by atoms with Gasteiger partial charge in [0.1, 0.15) is 12.4 Å². The molecule has 1 atom stereocenters. The quantitative estimate of drug-likeness (QED) is 0.732. The molecule has 2 N–H and O–H groups in total. The predicted molar refractivity (Wildman–Crippen MR) is 93.5 cm³/mol. The number of hydrogen-bond acceptors (Lipinski definition) is 6. The number of morpholine rings is 1. The topological polar surface area (TPSA) is 63.3 Å². The van der Waals surface area contributed by atoms with Crippen LogP contribution in [-0.4, -0.2) is 74.3 Å². The van der Waals surface area contributed by atoms with Crippen LogP contribution in [0.3, 0.4) is 0 Å². The fourth-order valence-corrected chi connectivity index (χ4v) is 2.93. The second kappa shape index (κ2) is 9.90. The Morgan fingerprint density at radius 3 is 2.65 bits per heavy atom. The van der Waals surface area contributed by atoms with Gasteiger partial charge in [-0.1, -0.05) is 13.8 Å². The molecule has 132 valence electrons. The highest BCUT2D eigenvalue weighted by atomic mass is 16.5. The molecule has 0 spiro atoms. The lowest BCUT2D eigenvalue weighted by Crippen LogP contribution is -2.39. The third kappa shape index (κ3) is 6.12. The number of nitrogens with two attached hydrogens (primary N) is 1. The number of ether oxygens (including phenoxy) is 2. The van der Waals surface area contributed by atoms with Gasteiger partial charge in [-0.3, -0.25) is 4.90 Å². The third-order valence-electron chi connectivity index (χ3n) is 4.10. The summed E-state index contributed by atoms with van der Waals surface area (Å²) in [5, 5.41) is 0. The highest BCUT2D eigenvalue weighted by Crippen LogP contribution is 2.16. The Kier molecular flexibility index (Phi) is 7.85. The monoisotopic (exact) mass is 324 g/mol. The normalized spacial score (nSPS) is 22.5. The molecule has 2 rings (SSSR count). The first kappa shape index (κ1) is 18.2. The van der Waals surface area contributed by atoms with Gasteiger partial charge in [0.15, 0.2) is 5.90 Å². The van der Waals surface area contributed by atoms with E-state index in [9.17, 15) is 0 Å². The minimum atomic E-state index is -0.00269. The van der Waals surface area contributed by atoms with E-state index >= 15 is 0 Å². The smallest absolute Gasteiger partial charge is 0.191 e.